The van der Waals surface area contributed by atoms with Gasteiger partial charge in [0.05, 0.1) is 0 Å². The van der Waals surface area contributed by atoms with Gasteiger partial charge in [-0.1, -0.05) is 23.8 Å². The molecule has 1 nitrogen and oxygen atoms in total. The standard InChI is InChI=1S/C9H11NS/c10-8-11-7-6-9-4-2-1-3-5-9/h2,4-5H,1,3,6-7H2. The van der Waals surface area contributed by atoms with Crippen LogP contribution in [0.1, 0.15) is 19.3 Å². The highest BCUT2D eigenvalue weighted by Gasteiger charge is 1.96. The van der Waals surface area contributed by atoms with Crippen LogP contribution in [0.4, 0.5) is 0 Å². The van der Waals surface area contributed by atoms with Gasteiger partial charge in [-0.3, -0.25) is 0 Å². The Morgan fingerprint density at radius 2 is 2.45 bits per heavy atom. The zero-order valence-electron chi connectivity index (χ0n) is 6.42. The van der Waals surface area contributed by atoms with Crippen molar-refractivity contribution in [3.8, 4) is 5.40 Å². The maximum absolute atomic E-state index is 8.27. The zero-order valence-corrected chi connectivity index (χ0v) is 7.23. The first-order valence-corrected chi connectivity index (χ1v) is 4.78. The lowest BCUT2D eigenvalue weighted by Crippen LogP contribution is -1.86. The van der Waals surface area contributed by atoms with Gasteiger partial charge < -0.3 is 0 Å². The van der Waals surface area contributed by atoms with Crippen LogP contribution >= 0.6 is 11.8 Å². The van der Waals surface area contributed by atoms with Gasteiger partial charge in [-0.2, -0.15) is 5.26 Å². The molecule has 58 valence electrons. The number of allylic oxidation sites excluding steroid dienone is 4. The van der Waals surface area contributed by atoms with E-state index in [1.165, 1.54) is 30.2 Å². The third-order valence-corrected chi connectivity index (χ3v) is 2.17. The maximum atomic E-state index is 8.27. The van der Waals surface area contributed by atoms with Crippen LogP contribution in [0.25, 0.3) is 0 Å². The summed E-state index contributed by atoms with van der Waals surface area (Å²) in [6.07, 6.45) is 10.0. The Morgan fingerprint density at radius 1 is 1.55 bits per heavy atom. The Morgan fingerprint density at radius 3 is 3.09 bits per heavy atom. The summed E-state index contributed by atoms with van der Waals surface area (Å²) in [5, 5.41) is 10.3. The average molecular weight is 165 g/mol. The van der Waals surface area contributed by atoms with E-state index in [-0.39, 0.29) is 0 Å². The fraction of sp³-hybridized carbons (Fsp3) is 0.444. The lowest BCUT2D eigenvalue weighted by atomic mass is 10.1. The minimum absolute atomic E-state index is 0.923. The summed E-state index contributed by atoms with van der Waals surface area (Å²) in [5.41, 5.74) is 1.39. The van der Waals surface area contributed by atoms with E-state index in [0.29, 0.717) is 0 Å². The molecule has 0 aromatic rings. The number of nitriles is 1. The van der Waals surface area contributed by atoms with Gasteiger partial charge in [0.25, 0.3) is 0 Å². The lowest BCUT2D eigenvalue weighted by molar-refractivity contribution is 0.988. The summed E-state index contributed by atoms with van der Waals surface area (Å²) in [4.78, 5) is 0. The highest BCUT2D eigenvalue weighted by molar-refractivity contribution is 8.03. The van der Waals surface area contributed by atoms with Crippen molar-refractivity contribution in [2.45, 2.75) is 19.3 Å². The van der Waals surface area contributed by atoms with Crippen molar-refractivity contribution in [3.63, 3.8) is 0 Å². The summed E-state index contributed by atoms with van der Waals surface area (Å²) in [5.74, 6) is 0.923. The Labute approximate surface area is 71.8 Å². The Balaban J connectivity index is 2.21. The molecule has 0 aromatic carbocycles. The third kappa shape index (κ3) is 3.29. The predicted molar refractivity (Wildman–Crippen MR) is 49.1 cm³/mol. The first kappa shape index (κ1) is 8.42. The predicted octanol–water partition coefficient (Wildman–Crippen LogP) is 2.87. The van der Waals surface area contributed by atoms with Crippen molar-refractivity contribution in [2.75, 3.05) is 5.75 Å². The Kier molecular flexibility index (Phi) is 3.85. The molecular formula is C9H11NS. The molecule has 0 heterocycles. The number of hydrogen-bond acceptors (Lipinski definition) is 2. The molecule has 11 heavy (non-hydrogen) atoms. The highest BCUT2D eigenvalue weighted by atomic mass is 32.2. The first-order chi connectivity index (χ1) is 5.43. The Hall–Kier alpha value is -0.680. The molecule has 0 fully saturated rings. The van der Waals surface area contributed by atoms with Gasteiger partial charge in [0.1, 0.15) is 5.40 Å². The second kappa shape index (κ2) is 5.03. The van der Waals surface area contributed by atoms with Crippen LogP contribution in [-0.2, 0) is 0 Å². The summed E-state index contributed by atoms with van der Waals surface area (Å²) < 4.78 is 0. The fourth-order valence-electron chi connectivity index (χ4n) is 1.07. The number of thioether (sulfide) groups is 1. The van der Waals surface area contributed by atoms with Gasteiger partial charge in [-0.25, -0.2) is 0 Å². The summed E-state index contributed by atoms with van der Waals surface area (Å²) in [6.45, 7) is 0. The normalized spacial score (nSPS) is 15.7. The molecule has 1 aliphatic carbocycles. The van der Waals surface area contributed by atoms with E-state index in [0.717, 1.165) is 12.2 Å². The van der Waals surface area contributed by atoms with E-state index >= 15 is 0 Å². The van der Waals surface area contributed by atoms with Crippen molar-refractivity contribution in [2.24, 2.45) is 0 Å². The minimum Gasteiger partial charge on any atom is -0.185 e. The second-order valence-electron chi connectivity index (χ2n) is 2.45. The average Bonchev–Trinajstić information content (AvgIpc) is 2.07. The minimum atomic E-state index is 0.923. The molecular weight excluding hydrogens is 154 g/mol. The van der Waals surface area contributed by atoms with Gasteiger partial charge in [0.2, 0.25) is 0 Å². The SMILES string of the molecule is N#CSCCC1=CCCC=C1. The van der Waals surface area contributed by atoms with Crippen LogP contribution < -0.4 is 0 Å². The summed E-state index contributed by atoms with van der Waals surface area (Å²) in [7, 11) is 0. The van der Waals surface area contributed by atoms with E-state index in [1.807, 2.05) is 0 Å². The maximum Gasteiger partial charge on any atom is 0.133 e. The Bertz CT molecular complexity index is 210. The van der Waals surface area contributed by atoms with E-state index in [9.17, 15) is 0 Å². The molecule has 0 aromatic heterocycles. The molecule has 0 radical (unpaired) electrons. The molecule has 0 amide bonds. The van der Waals surface area contributed by atoms with Crippen molar-refractivity contribution >= 4 is 11.8 Å². The number of rotatable bonds is 3. The van der Waals surface area contributed by atoms with Crippen LogP contribution in [-0.4, -0.2) is 5.75 Å². The van der Waals surface area contributed by atoms with Crippen LogP contribution in [0.3, 0.4) is 0 Å². The first-order valence-electron chi connectivity index (χ1n) is 3.80. The third-order valence-electron chi connectivity index (χ3n) is 1.63. The van der Waals surface area contributed by atoms with Gasteiger partial charge in [-0.05, 0) is 31.0 Å². The van der Waals surface area contributed by atoms with Gasteiger partial charge in [0.15, 0.2) is 0 Å². The topological polar surface area (TPSA) is 23.8 Å². The lowest BCUT2D eigenvalue weighted by Gasteiger charge is -2.03. The van der Waals surface area contributed by atoms with Crippen molar-refractivity contribution in [1.82, 2.24) is 0 Å². The van der Waals surface area contributed by atoms with Gasteiger partial charge >= 0.3 is 0 Å². The molecule has 0 saturated heterocycles. The van der Waals surface area contributed by atoms with Crippen molar-refractivity contribution < 1.29 is 0 Å². The van der Waals surface area contributed by atoms with Gasteiger partial charge in [0, 0.05) is 5.75 Å². The van der Waals surface area contributed by atoms with Gasteiger partial charge in [-0.15, -0.1) is 0 Å². The number of hydrogen-bond donors (Lipinski definition) is 0. The molecule has 0 aliphatic heterocycles. The van der Waals surface area contributed by atoms with Crippen LogP contribution in [0, 0.1) is 10.7 Å². The van der Waals surface area contributed by atoms with E-state index in [2.05, 4.69) is 23.6 Å². The quantitative estimate of drug-likeness (QED) is 0.474. The molecule has 0 spiro atoms. The van der Waals surface area contributed by atoms with E-state index < -0.39 is 0 Å². The fourth-order valence-corrected chi connectivity index (χ4v) is 1.50. The van der Waals surface area contributed by atoms with Crippen molar-refractivity contribution in [1.29, 1.82) is 5.26 Å². The molecule has 0 bridgehead atoms. The van der Waals surface area contributed by atoms with Crippen LogP contribution in [0.5, 0.6) is 0 Å². The molecule has 1 aliphatic rings. The molecule has 1 rings (SSSR count). The van der Waals surface area contributed by atoms with E-state index in [4.69, 9.17) is 5.26 Å². The zero-order chi connectivity index (χ0) is 7.94. The molecule has 0 saturated carbocycles. The van der Waals surface area contributed by atoms with Crippen molar-refractivity contribution in [3.05, 3.63) is 23.8 Å². The molecule has 0 unspecified atom stereocenters. The smallest absolute Gasteiger partial charge is 0.133 e. The summed E-state index contributed by atoms with van der Waals surface area (Å²) in [6, 6.07) is 0. The number of thiocyanates is 1. The second-order valence-corrected chi connectivity index (χ2v) is 3.33. The van der Waals surface area contributed by atoms with Crippen LogP contribution in [0.2, 0.25) is 0 Å². The van der Waals surface area contributed by atoms with E-state index in [1.54, 1.807) is 0 Å². The molecule has 0 atom stereocenters. The molecule has 2 heteroatoms. The van der Waals surface area contributed by atoms with Crippen LogP contribution in [0.15, 0.2) is 23.8 Å². The highest BCUT2D eigenvalue weighted by Crippen LogP contribution is 2.15. The summed E-state index contributed by atoms with van der Waals surface area (Å²) >= 11 is 1.33. The molecule has 0 N–H and O–H groups in total. The number of nitrogens with zero attached hydrogens (tertiary/aromatic N) is 1. The monoisotopic (exact) mass is 165 g/mol. The largest absolute Gasteiger partial charge is 0.185 e.